The number of nitrogens with zero attached hydrogens (tertiary/aromatic N) is 3. The van der Waals surface area contributed by atoms with Crippen molar-refractivity contribution >= 4 is 17.2 Å². The van der Waals surface area contributed by atoms with Gasteiger partial charge in [-0.25, -0.2) is 0 Å². The van der Waals surface area contributed by atoms with Crippen LogP contribution in [0.1, 0.15) is 28.5 Å². The third-order valence-corrected chi connectivity index (χ3v) is 6.26. The molecule has 1 amide bonds. The molecule has 0 radical (unpaired) electrons. The van der Waals surface area contributed by atoms with Crippen LogP contribution in [0.3, 0.4) is 0 Å². The van der Waals surface area contributed by atoms with Crippen LogP contribution in [0.4, 0.5) is 0 Å². The fourth-order valence-corrected chi connectivity index (χ4v) is 4.25. The van der Waals surface area contributed by atoms with Crippen LogP contribution < -0.4 is 5.32 Å². The van der Waals surface area contributed by atoms with Crippen molar-refractivity contribution in [3.8, 4) is 10.6 Å². The summed E-state index contributed by atoms with van der Waals surface area (Å²) < 4.78 is 5.31. The summed E-state index contributed by atoms with van der Waals surface area (Å²) in [7, 11) is 0. The average Bonchev–Trinajstić information content (AvgIpc) is 3.45. The Balaban J connectivity index is 1.36. The fraction of sp³-hybridized carbons (Fsp3) is 0.364. The lowest BCUT2D eigenvalue weighted by molar-refractivity contribution is 0.0941. The third kappa shape index (κ3) is 4.93. The molecule has 0 atom stereocenters. The fourth-order valence-electron chi connectivity index (χ4n) is 3.57. The summed E-state index contributed by atoms with van der Waals surface area (Å²) in [6, 6.07) is 13.9. The minimum Gasteiger partial charge on any atom is -0.355 e. The Morgan fingerprint density at radius 1 is 1.10 bits per heavy atom. The highest BCUT2D eigenvalue weighted by Gasteiger charge is 2.18. The number of benzene rings is 1. The van der Waals surface area contributed by atoms with E-state index in [-0.39, 0.29) is 5.91 Å². The van der Waals surface area contributed by atoms with Gasteiger partial charge < -0.3 is 14.7 Å². The molecular formula is C22H26N4O2S. The number of piperazine rings is 1. The second-order valence-corrected chi connectivity index (χ2v) is 8.16. The molecule has 1 N–H and O–H groups in total. The highest BCUT2D eigenvalue weighted by Crippen LogP contribution is 2.25. The first kappa shape index (κ1) is 19.8. The summed E-state index contributed by atoms with van der Waals surface area (Å²) >= 11 is 1.56. The number of likely N-dealkylation sites (N-methyl/N-ethyl adjacent to an activating group) is 1. The molecule has 3 heterocycles. The molecule has 6 nitrogen and oxygen atoms in total. The van der Waals surface area contributed by atoms with E-state index in [0.717, 1.165) is 49.7 Å². The highest BCUT2D eigenvalue weighted by atomic mass is 32.1. The zero-order valence-electron chi connectivity index (χ0n) is 16.6. The van der Waals surface area contributed by atoms with Crippen LogP contribution >= 0.6 is 11.3 Å². The number of rotatable bonds is 7. The van der Waals surface area contributed by atoms with Crippen molar-refractivity contribution in [1.82, 2.24) is 20.3 Å². The van der Waals surface area contributed by atoms with Crippen LogP contribution in [0.25, 0.3) is 10.6 Å². The second kappa shape index (κ2) is 9.35. The van der Waals surface area contributed by atoms with Crippen molar-refractivity contribution < 1.29 is 9.32 Å². The maximum Gasteiger partial charge on any atom is 0.273 e. The molecule has 4 rings (SSSR count). The van der Waals surface area contributed by atoms with Crippen LogP contribution in [0.2, 0.25) is 0 Å². The van der Waals surface area contributed by atoms with Crippen molar-refractivity contribution in [2.45, 2.75) is 20.0 Å². The zero-order chi connectivity index (χ0) is 20.1. The van der Waals surface area contributed by atoms with Gasteiger partial charge in [0.25, 0.3) is 5.91 Å². The van der Waals surface area contributed by atoms with Gasteiger partial charge in [0.1, 0.15) is 0 Å². The van der Waals surface area contributed by atoms with E-state index in [9.17, 15) is 4.79 Å². The van der Waals surface area contributed by atoms with Gasteiger partial charge in [-0.15, -0.1) is 11.3 Å². The second-order valence-electron chi connectivity index (χ2n) is 7.22. The molecule has 29 heavy (non-hydrogen) atoms. The summed E-state index contributed by atoms with van der Waals surface area (Å²) in [6.07, 6.45) is 0. The largest absolute Gasteiger partial charge is 0.355 e. The van der Waals surface area contributed by atoms with E-state index >= 15 is 0 Å². The summed E-state index contributed by atoms with van der Waals surface area (Å²) in [5.74, 6) is 0.402. The van der Waals surface area contributed by atoms with E-state index in [4.69, 9.17) is 4.52 Å². The lowest BCUT2D eigenvalue weighted by Gasteiger charge is -2.34. The molecule has 1 fully saturated rings. The number of carbonyl (C=O) groups excluding carboxylic acids is 1. The van der Waals surface area contributed by atoms with E-state index in [1.807, 2.05) is 23.6 Å². The van der Waals surface area contributed by atoms with E-state index in [1.54, 1.807) is 17.4 Å². The zero-order valence-corrected chi connectivity index (χ0v) is 17.5. The summed E-state index contributed by atoms with van der Waals surface area (Å²) in [5.41, 5.74) is 2.71. The van der Waals surface area contributed by atoms with Gasteiger partial charge in [-0.2, -0.15) is 0 Å². The molecule has 7 heteroatoms. The number of thiophene rings is 1. The molecule has 1 saturated heterocycles. The Morgan fingerprint density at radius 3 is 2.59 bits per heavy atom. The van der Waals surface area contributed by atoms with Crippen molar-refractivity contribution in [2.75, 3.05) is 32.7 Å². The van der Waals surface area contributed by atoms with Crippen LogP contribution in [-0.4, -0.2) is 53.6 Å². The van der Waals surface area contributed by atoms with Crippen molar-refractivity contribution in [3.63, 3.8) is 0 Å². The maximum absolute atomic E-state index is 12.5. The Bertz CT molecular complexity index is 930. The van der Waals surface area contributed by atoms with Crippen molar-refractivity contribution in [3.05, 3.63) is 64.7 Å². The van der Waals surface area contributed by atoms with Crippen molar-refractivity contribution in [2.24, 2.45) is 0 Å². The molecule has 152 valence electrons. The summed E-state index contributed by atoms with van der Waals surface area (Å²) in [4.78, 5) is 18.4. The van der Waals surface area contributed by atoms with Gasteiger partial charge >= 0.3 is 0 Å². The van der Waals surface area contributed by atoms with Crippen LogP contribution in [0.15, 0.2) is 52.4 Å². The lowest BCUT2D eigenvalue weighted by atomic mass is 10.1. The van der Waals surface area contributed by atoms with Gasteiger partial charge in [0, 0.05) is 45.3 Å². The molecule has 0 spiro atoms. The molecule has 1 aliphatic heterocycles. The molecule has 0 bridgehead atoms. The number of amides is 1. The molecule has 0 unspecified atom stereocenters. The van der Waals surface area contributed by atoms with Gasteiger partial charge in [-0.3, -0.25) is 9.69 Å². The first-order valence-electron chi connectivity index (χ1n) is 10.0. The van der Waals surface area contributed by atoms with E-state index < -0.39 is 0 Å². The SMILES string of the molecule is CCN1CCN(Cc2ccccc2CNC(=O)c2cc(-c3cccs3)on2)CC1. The molecular weight excluding hydrogens is 384 g/mol. The lowest BCUT2D eigenvalue weighted by Crippen LogP contribution is -2.45. The number of hydrogen-bond acceptors (Lipinski definition) is 6. The number of nitrogens with one attached hydrogen (secondary N) is 1. The van der Waals surface area contributed by atoms with Crippen LogP contribution in [0, 0.1) is 0 Å². The molecule has 1 aliphatic rings. The standard InChI is InChI=1S/C22H26N4O2S/c1-2-25-9-11-26(12-10-25)16-18-7-4-3-6-17(18)15-23-22(27)19-14-20(28-24-19)21-8-5-13-29-21/h3-8,13-14H,2,9-12,15-16H2,1H3,(H,23,27). The molecule has 1 aromatic carbocycles. The monoisotopic (exact) mass is 410 g/mol. The Kier molecular flexibility index (Phi) is 6.39. The summed E-state index contributed by atoms with van der Waals surface area (Å²) in [6.45, 7) is 9.13. The average molecular weight is 411 g/mol. The molecule has 0 aliphatic carbocycles. The Morgan fingerprint density at radius 2 is 1.86 bits per heavy atom. The third-order valence-electron chi connectivity index (χ3n) is 5.37. The number of hydrogen-bond donors (Lipinski definition) is 1. The molecule has 3 aromatic rings. The first-order valence-corrected chi connectivity index (χ1v) is 10.9. The van der Waals surface area contributed by atoms with E-state index in [0.29, 0.717) is 18.0 Å². The maximum atomic E-state index is 12.5. The topological polar surface area (TPSA) is 61.6 Å². The van der Waals surface area contributed by atoms with Gasteiger partial charge in [0.05, 0.1) is 4.88 Å². The van der Waals surface area contributed by atoms with Gasteiger partial charge in [-0.05, 0) is 29.1 Å². The molecule has 0 saturated carbocycles. The summed E-state index contributed by atoms with van der Waals surface area (Å²) in [5, 5.41) is 8.87. The van der Waals surface area contributed by atoms with E-state index in [1.165, 1.54) is 5.56 Å². The minimum absolute atomic E-state index is 0.220. The van der Waals surface area contributed by atoms with Crippen molar-refractivity contribution in [1.29, 1.82) is 0 Å². The quantitative estimate of drug-likeness (QED) is 0.646. The number of aromatic nitrogens is 1. The predicted octanol–water partition coefficient (Wildman–Crippen LogP) is 3.47. The van der Waals surface area contributed by atoms with Crippen LogP contribution in [0.5, 0.6) is 0 Å². The van der Waals surface area contributed by atoms with Crippen LogP contribution in [-0.2, 0) is 13.1 Å². The van der Waals surface area contributed by atoms with Gasteiger partial charge in [-0.1, -0.05) is 42.4 Å². The van der Waals surface area contributed by atoms with Gasteiger partial charge in [0.15, 0.2) is 11.5 Å². The Labute approximate surface area is 175 Å². The normalized spacial score (nSPS) is 15.5. The smallest absolute Gasteiger partial charge is 0.273 e. The predicted molar refractivity (Wildman–Crippen MR) is 115 cm³/mol. The number of carbonyl (C=O) groups is 1. The highest BCUT2D eigenvalue weighted by molar-refractivity contribution is 7.13. The Hall–Kier alpha value is -2.48. The first-order chi connectivity index (χ1) is 14.2. The minimum atomic E-state index is -0.220. The van der Waals surface area contributed by atoms with Gasteiger partial charge in [0.2, 0.25) is 0 Å². The molecule has 2 aromatic heterocycles. The van der Waals surface area contributed by atoms with E-state index in [2.05, 4.69) is 45.4 Å².